The molecule has 2 heterocycles. The van der Waals surface area contributed by atoms with Crippen molar-refractivity contribution in [2.45, 2.75) is 6.54 Å². The molecule has 6 nitrogen and oxygen atoms in total. The third-order valence-corrected chi connectivity index (χ3v) is 4.64. The highest BCUT2D eigenvalue weighted by molar-refractivity contribution is 6.45. The second-order valence-electron chi connectivity index (χ2n) is 6.57. The van der Waals surface area contributed by atoms with Crippen molar-refractivity contribution in [3.05, 3.63) is 82.9 Å². The van der Waals surface area contributed by atoms with E-state index in [2.05, 4.69) is 10.1 Å². The molecule has 0 aliphatic carbocycles. The van der Waals surface area contributed by atoms with Gasteiger partial charge >= 0.3 is 5.97 Å². The largest absolute Gasteiger partial charge is 0.456 e. The van der Waals surface area contributed by atoms with Gasteiger partial charge in [0.25, 0.3) is 11.7 Å². The van der Waals surface area contributed by atoms with E-state index in [4.69, 9.17) is 0 Å². The van der Waals surface area contributed by atoms with Crippen LogP contribution in [-0.4, -0.2) is 28.8 Å². The molecule has 0 fully saturated rings. The molecule has 0 bridgehead atoms. The Labute approximate surface area is 167 Å². The molecular formula is C21H13F3N2O4. The van der Waals surface area contributed by atoms with Gasteiger partial charge in [0.15, 0.2) is 11.6 Å². The summed E-state index contributed by atoms with van der Waals surface area (Å²) in [5, 5.41) is 2.68. The lowest BCUT2D eigenvalue weighted by atomic mass is 10.1. The molecule has 1 N–H and O–H groups in total. The highest BCUT2D eigenvalue weighted by Gasteiger charge is 2.25. The molecule has 2 aromatic carbocycles. The molecule has 0 unspecified atom stereocenters. The molecular weight excluding hydrogens is 401 g/mol. The van der Waals surface area contributed by atoms with Gasteiger partial charge in [-0.3, -0.25) is 9.59 Å². The number of hydrogen-bond acceptors (Lipinski definition) is 4. The molecule has 0 radical (unpaired) electrons. The van der Waals surface area contributed by atoms with Crippen LogP contribution in [-0.2, 0) is 20.9 Å². The zero-order chi connectivity index (χ0) is 21.4. The maximum Gasteiger partial charge on any atom is 0.333 e. The average Bonchev–Trinajstić information content (AvgIpc) is 3.31. The van der Waals surface area contributed by atoms with Crippen LogP contribution in [0.1, 0.15) is 15.9 Å². The normalized spacial score (nSPS) is 13.3. The van der Waals surface area contributed by atoms with Gasteiger partial charge < -0.3 is 14.6 Å². The number of ether oxygens (including phenoxy) is 1. The van der Waals surface area contributed by atoms with Gasteiger partial charge in [0, 0.05) is 28.7 Å². The van der Waals surface area contributed by atoms with E-state index in [1.165, 1.54) is 10.8 Å². The number of aromatic nitrogens is 1. The number of hydrogen-bond donors (Lipinski definition) is 1. The molecule has 1 amide bonds. The summed E-state index contributed by atoms with van der Waals surface area (Å²) in [6, 6.07) is 7.97. The highest BCUT2D eigenvalue weighted by atomic mass is 19.2. The first kappa shape index (κ1) is 19.4. The van der Waals surface area contributed by atoms with Crippen molar-refractivity contribution in [1.29, 1.82) is 0 Å². The molecule has 0 saturated carbocycles. The Kier molecular flexibility index (Phi) is 4.86. The first-order valence-electron chi connectivity index (χ1n) is 8.78. The van der Waals surface area contributed by atoms with E-state index in [0.29, 0.717) is 17.0 Å². The Hall–Kier alpha value is -3.88. The average molecular weight is 414 g/mol. The SMILES string of the molecule is O=C1C=C(NC(=O)C(=O)c2cn(Cc3c(F)ccc(F)c3F)c3ccccc23)CO1. The minimum absolute atomic E-state index is 0.00818. The molecule has 1 aromatic heterocycles. The summed E-state index contributed by atoms with van der Waals surface area (Å²) in [4.78, 5) is 36.1. The Morgan fingerprint density at radius 2 is 1.80 bits per heavy atom. The predicted molar refractivity (Wildman–Crippen MR) is 98.9 cm³/mol. The van der Waals surface area contributed by atoms with E-state index in [0.717, 1.165) is 12.1 Å². The maximum absolute atomic E-state index is 14.1. The Balaban J connectivity index is 1.70. The number of carbonyl (C=O) groups excluding carboxylic acids is 3. The third kappa shape index (κ3) is 3.45. The lowest BCUT2D eigenvalue weighted by Gasteiger charge is -2.08. The summed E-state index contributed by atoms with van der Waals surface area (Å²) in [7, 11) is 0. The van der Waals surface area contributed by atoms with Crippen molar-refractivity contribution < 1.29 is 32.3 Å². The van der Waals surface area contributed by atoms with Crippen LogP contribution in [0.25, 0.3) is 10.9 Å². The van der Waals surface area contributed by atoms with Crippen LogP contribution in [0.2, 0.25) is 0 Å². The van der Waals surface area contributed by atoms with Crippen LogP contribution in [0, 0.1) is 17.5 Å². The molecule has 30 heavy (non-hydrogen) atoms. The number of para-hydroxylation sites is 1. The molecule has 9 heteroatoms. The van der Waals surface area contributed by atoms with E-state index in [-0.39, 0.29) is 17.9 Å². The second kappa shape index (κ2) is 7.51. The van der Waals surface area contributed by atoms with Gasteiger partial charge in [-0.1, -0.05) is 18.2 Å². The van der Waals surface area contributed by atoms with Gasteiger partial charge in [0.1, 0.15) is 12.4 Å². The van der Waals surface area contributed by atoms with Crippen molar-refractivity contribution in [1.82, 2.24) is 9.88 Å². The Bertz CT molecular complexity index is 1250. The predicted octanol–water partition coefficient (Wildman–Crippen LogP) is 2.85. The summed E-state index contributed by atoms with van der Waals surface area (Å²) in [6.45, 7) is -0.546. The summed E-state index contributed by atoms with van der Waals surface area (Å²) >= 11 is 0. The van der Waals surface area contributed by atoms with Crippen molar-refractivity contribution in [2.24, 2.45) is 0 Å². The van der Waals surface area contributed by atoms with Crippen LogP contribution < -0.4 is 5.32 Å². The number of Topliss-reactive ketones (excluding diaryl/α,β-unsaturated/α-hetero) is 1. The molecule has 152 valence electrons. The lowest BCUT2D eigenvalue weighted by Crippen LogP contribution is -2.31. The smallest absolute Gasteiger partial charge is 0.333 e. The second-order valence-corrected chi connectivity index (χ2v) is 6.57. The monoisotopic (exact) mass is 414 g/mol. The standard InChI is InChI=1S/C21H13F3N2O4/c22-15-5-6-16(23)19(24)14(15)9-26-8-13(12-3-1-2-4-17(12)26)20(28)21(29)25-11-7-18(27)30-10-11/h1-8H,9-10H2,(H,25,29). The minimum Gasteiger partial charge on any atom is -0.456 e. The minimum atomic E-state index is -1.32. The summed E-state index contributed by atoms with van der Waals surface area (Å²) in [6.07, 6.45) is 2.34. The number of cyclic esters (lactones) is 1. The topological polar surface area (TPSA) is 77.4 Å². The van der Waals surface area contributed by atoms with Crippen LogP contribution in [0.5, 0.6) is 0 Å². The van der Waals surface area contributed by atoms with Crippen molar-refractivity contribution >= 4 is 28.6 Å². The first-order chi connectivity index (χ1) is 14.3. The van der Waals surface area contributed by atoms with Gasteiger partial charge in [-0.2, -0.15) is 0 Å². The van der Waals surface area contributed by atoms with E-state index < -0.39 is 47.2 Å². The van der Waals surface area contributed by atoms with Gasteiger partial charge in [-0.05, 0) is 18.2 Å². The van der Waals surface area contributed by atoms with Crippen molar-refractivity contribution in [3.8, 4) is 0 Å². The van der Waals surface area contributed by atoms with Crippen LogP contribution in [0.4, 0.5) is 13.2 Å². The van der Waals surface area contributed by atoms with Gasteiger partial charge in [0.05, 0.1) is 17.8 Å². The Morgan fingerprint density at radius 1 is 1.07 bits per heavy atom. The lowest BCUT2D eigenvalue weighted by molar-refractivity contribution is -0.135. The van der Waals surface area contributed by atoms with Gasteiger partial charge in [-0.15, -0.1) is 0 Å². The number of benzene rings is 2. The summed E-state index contributed by atoms with van der Waals surface area (Å²) in [5.74, 6) is -5.99. The fourth-order valence-corrected chi connectivity index (χ4v) is 3.21. The van der Waals surface area contributed by atoms with Crippen molar-refractivity contribution in [3.63, 3.8) is 0 Å². The van der Waals surface area contributed by atoms with Crippen LogP contribution >= 0.6 is 0 Å². The maximum atomic E-state index is 14.1. The van der Waals surface area contributed by atoms with Gasteiger partial charge in [0.2, 0.25) is 0 Å². The van der Waals surface area contributed by atoms with E-state index in [1.807, 2.05) is 0 Å². The quantitative estimate of drug-likeness (QED) is 0.302. The number of nitrogens with one attached hydrogen (secondary N) is 1. The Morgan fingerprint density at radius 3 is 2.53 bits per heavy atom. The number of nitrogens with zero attached hydrogens (tertiary/aromatic N) is 1. The number of carbonyl (C=O) groups is 3. The van der Waals surface area contributed by atoms with E-state index in [1.54, 1.807) is 24.3 Å². The molecule has 0 atom stereocenters. The van der Waals surface area contributed by atoms with E-state index >= 15 is 0 Å². The number of rotatable bonds is 5. The zero-order valence-electron chi connectivity index (χ0n) is 15.2. The molecule has 0 saturated heterocycles. The number of amides is 1. The molecule has 1 aliphatic heterocycles. The summed E-state index contributed by atoms with van der Waals surface area (Å²) in [5.41, 5.74) is 0.0541. The third-order valence-electron chi connectivity index (χ3n) is 4.64. The van der Waals surface area contributed by atoms with Gasteiger partial charge in [-0.25, -0.2) is 18.0 Å². The van der Waals surface area contributed by atoms with Crippen LogP contribution in [0.15, 0.2) is 54.4 Å². The zero-order valence-corrected chi connectivity index (χ0v) is 15.2. The van der Waals surface area contributed by atoms with Crippen LogP contribution in [0.3, 0.4) is 0 Å². The number of fused-ring (bicyclic) bond motifs is 1. The number of ketones is 1. The highest BCUT2D eigenvalue weighted by Crippen LogP contribution is 2.25. The molecule has 1 aliphatic rings. The van der Waals surface area contributed by atoms with E-state index in [9.17, 15) is 27.6 Å². The first-order valence-corrected chi connectivity index (χ1v) is 8.78. The molecule has 3 aromatic rings. The molecule has 4 rings (SSSR count). The number of esters is 1. The fraction of sp³-hybridized carbons (Fsp3) is 0.0952. The van der Waals surface area contributed by atoms with Crippen molar-refractivity contribution in [2.75, 3.05) is 6.61 Å². The number of halogens is 3. The molecule has 0 spiro atoms. The summed E-state index contributed by atoms with van der Waals surface area (Å²) < 4.78 is 47.7. The fourth-order valence-electron chi connectivity index (χ4n) is 3.21.